The number of hydrogen-bond acceptors (Lipinski definition) is 8. The lowest BCUT2D eigenvalue weighted by atomic mass is 10.1. The number of carbonyl (C=O) groups excluding carboxylic acids is 1. The minimum absolute atomic E-state index is 0.0111. The third kappa shape index (κ3) is 4.85. The molecule has 172 valence electrons. The third-order valence-corrected chi connectivity index (χ3v) is 6.84. The highest BCUT2D eigenvalue weighted by atomic mass is 32.1. The molecule has 8 nitrogen and oxygen atoms in total. The molecule has 4 heterocycles. The molecule has 0 spiro atoms. The number of nitrogens with zero attached hydrogens (tertiary/aromatic N) is 3. The molecule has 0 saturated carbocycles. The van der Waals surface area contributed by atoms with Crippen molar-refractivity contribution in [3.63, 3.8) is 0 Å². The Morgan fingerprint density at radius 2 is 1.85 bits per heavy atom. The topological polar surface area (TPSA) is 88.6 Å². The van der Waals surface area contributed by atoms with Gasteiger partial charge >= 0.3 is 0 Å². The molecule has 33 heavy (non-hydrogen) atoms. The van der Waals surface area contributed by atoms with Gasteiger partial charge in [0.05, 0.1) is 37.4 Å². The molecule has 2 saturated heterocycles. The Balaban J connectivity index is 1.20. The Morgan fingerprint density at radius 1 is 1.09 bits per heavy atom. The van der Waals surface area contributed by atoms with Gasteiger partial charge in [-0.05, 0) is 29.6 Å². The standard InChI is InChI=1S/C24H27N5O3S/c1-29(2)16-7-5-15(6-8-16)18-9-10-25-24(27-18)28-20-14-32-22-19(13-31-23(20)22)26-21(30)12-17-4-3-11-33-17/h3-11,19-20,22-23H,12-14H2,1-2H3,(H,26,30)(H,25,27,28). The third-order valence-electron chi connectivity index (χ3n) is 5.96. The Hall–Kier alpha value is -3.01. The summed E-state index contributed by atoms with van der Waals surface area (Å²) in [4.78, 5) is 24.6. The number of carbonyl (C=O) groups is 1. The number of benzene rings is 1. The first-order valence-electron chi connectivity index (χ1n) is 11.0. The van der Waals surface area contributed by atoms with Gasteiger partial charge in [-0.1, -0.05) is 18.2 Å². The van der Waals surface area contributed by atoms with Crippen LogP contribution < -0.4 is 15.5 Å². The van der Waals surface area contributed by atoms with Crippen LogP contribution in [0.15, 0.2) is 54.0 Å². The SMILES string of the molecule is CN(C)c1ccc(-c2ccnc(NC3COC4C(NC(=O)Cc5cccs5)COC34)n2)cc1. The number of thiophene rings is 1. The summed E-state index contributed by atoms with van der Waals surface area (Å²) in [5.41, 5.74) is 3.01. The van der Waals surface area contributed by atoms with Crippen molar-refractivity contribution in [2.75, 3.05) is 37.5 Å². The zero-order valence-corrected chi connectivity index (χ0v) is 19.4. The van der Waals surface area contributed by atoms with Gasteiger partial charge in [0, 0.05) is 36.4 Å². The summed E-state index contributed by atoms with van der Waals surface area (Å²) in [6.07, 6.45) is 1.78. The van der Waals surface area contributed by atoms with Crippen LogP contribution in [0.2, 0.25) is 0 Å². The first kappa shape index (κ1) is 21.8. The van der Waals surface area contributed by atoms with Gasteiger partial charge in [-0.3, -0.25) is 4.79 Å². The second kappa shape index (κ2) is 9.46. The van der Waals surface area contributed by atoms with Crippen LogP contribution in [-0.2, 0) is 20.7 Å². The number of hydrogen-bond donors (Lipinski definition) is 2. The normalized spacial score (nSPS) is 23.8. The molecule has 1 amide bonds. The van der Waals surface area contributed by atoms with Crippen molar-refractivity contribution in [2.24, 2.45) is 0 Å². The van der Waals surface area contributed by atoms with Gasteiger partial charge in [-0.2, -0.15) is 0 Å². The molecule has 2 fully saturated rings. The number of nitrogens with one attached hydrogen (secondary N) is 2. The van der Waals surface area contributed by atoms with Crippen molar-refractivity contribution in [1.29, 1.82) is 0 Å². The largest absolute Gasteiger partial charge is 0.378 e. The average molecular weight is 466 g/mol. The van der Waals surface area contributed by atoms with Gasteiger partial charge in [0.25, 0.3) is 0 Å². The van der Waals surface area contributed by atoms with E-state index in [9.17, 15) is 4.79 Å². The quantitative estimate of drug-likeness (QED) is 0.554. The number of amides is 1. The molecule has 2 N–H and O–H groups in total. The van der Waals surface area contributed by atoms with Crippen LogP contribution in [-0.4, -0.2) is 67.5 Å². The second-order valence-electron chi connectivity index (χ2n) is 8.48. The molecule has 2 aromatic heterocycles. The van der Waals surface area contributed by atoms with Gasteiger partial charge in [0.15, 0.2) is 0 Å². The van der Waals surface area contributed by atoms with Crippen molar-refractivity contribution in [2.45, 2.75) is 30.7 Å². The summed E-state index contributed by atoms with van der Waals surface area (Å²) in [7, 11) is 4.03. The Labute approximate surface area is 197 Å². The summed E-state index contributed by atoms with van der Waals surface area (Å²) >= 11 is 1.58. The summed E-state index contributed by atoms with van der Waals surface area (Å²) in [5, 5.41) is 8.42. The van der Waals surface area contributed by atoms with Crippen LogP contribution in [0.3, 0.4) is 0 Å². The zero-order valence-electron chi connectivity index (χ0n) is 18.6. The monoisotopic (exact) mass is 465 g/mol. The van der Waals surface area contributed by atoms with E-state index in [1.54, 1.807) is 17.5 Å². The molecule has 0 bridgehead atoms. The van der Waals surface area contributed by atoms with Crippen molar-refractivity contribution in [3.8, 4) is 11.3 Å². The summed E-state index contributed by atoms with van der Waals surface area (Å²) < 4.78 is 12.0. The van der Waals surface area contributed by atoms with Gasteiger partial charge in [-0.25, -0.2) is 9.97 Å². The first-order chi connectivity index (χ1) is 16.1. The van der Waals surface area contributed by atoms with E-state index in [2.05, 4.69) is 49.8 Å². The highest BCUT2D eigenvalue weighted by Gasteiger charge is 2.48. The molecule has 5 rings (SSSR count). The second-order valence-corrected chi connectivity index (χ2v) is 9.52. The lowest BCUT2D eigenvalue weighted by Gasteiger charge is -2.18. The van der Waals surface area contributed by atoms with Crippen LogP contribution in [0.25, 0.3) is 11.3 Å². The van der Waals surface area contributed by atoms with Gasteiger partial charge in [0.1, 0.15) is 12.2 Å². The molecule has 9 heteroatoms. The van der Waals surface area contributed by atoms with Crippen LogP contribution in [0.5, 0.6) is 0 Å². The Bertz CT molecular complexity index is 1090. The molecule has 0 radical (unpaired) electrons. The van der Waals surface area contributed by atoms with Crippen LogP contribution in [0, 0.1) is 0 Å². The van der Waals surface area contributed by atoms with Crippen molar-refractivity contribution < 1.29 is 14.3 Å². The maximum atomic E-state index is 12.4. The zero-order chi connectivity index (χ0) is 22.8. The molecule has 2 aliphatic rings. The highest BCUT2D eigenvalue weighted by Crippen LogP contribution is 2.29. The lowest BCUT2D eigenvalue weighted by Crippen LogP contribution is -2.45. The van der Waals surface area contributed by atoms with Crippen molar-refractivity contribution >= 4 is 28.9 Å². The highest BCUT2D eigenvalue weighted by molar-refractivity contribution is 7.10. The number of aromatic nitrogens is 2. The van der Waals surface area contributed by atoms with E-state index in [1.807, 2.05) is 37.7 Å². The molecule has 4 atom stereocenters. The van der Waals surface area contributed by atoms with Crippen LogP contribution >= 0.6 is 11.3 Å². The minimum Gasteiger partial charge on any atom is -0.378 e. The summed E-state index contributed by atoms with van der Waals surface area (Å²) in [6, 6.07) is 13.8. The summed E-state index contributed by atoms with van der Waals surface area (Å²) in [6.45, 7) is 0.903. The average Bonchev–Trinajstić information content (AvgIpc) is 3.55. The number of fused-ring (bicyclic) bond motifs is 1. The van der Waals surface area contributed by atoms with E-state index in [0.717, 1.165) is 21.8 Å². The fourth-order valence-electron chi connectivity index (χ4n) is 4.26. The van der Waals surface area contributed by atoms with Gasteiger partial charge < -0.3 is 25.0 Å². The van der Waals surface area contributed by atoms with E-state index in [-0.39, 0.29) is 30.2 Å². The van der Waals surface area contributed by atoms with E-state index >= 15 is 0 Å². The number of rotatable bonds is 7. The van der Waals surface area contributed by atoms with Crippen molar-refractivity contribution in [1.82, 2.24) is 15.3 Å². The fourth-order valence-corrected chi connectivity index (χ4v) is 4.96. The first-order valence-corrected chi connectivity index (χ1v) is 11.9. The van der Waals surface area contributed by atoms with E-state index < -0.39 is 0 Å². The molecule has 0 aliphatic carbocycles. The molecule has 4 unspecified atom stereocenters. The Kier molecular flexibility index (Phi) is 6.26. The maximum Gasteiger partial charge on any atom is 0.225 e. The molecular weight excluding hydrogens is 438 g/mol. The predicted molar refractivity (Wildman–Crippen MR) is 129 cm³/mol. The molecule has 3 aromatic rings. The van der Waals surface area contributed by atoms with E-state index in [1.165, 1.54) is 0 Å². The smallest absolute Gasteiger partial charge is 0.225 e. The maximum absolute atomic E-state index is 12.4. The number of anilines is 2. The molecule has 1 aromatic carbocycles. The van der Waals surface area contributed by atoms with Gasteiger partial charge in [-0.15, -0.1) is 11.3 Å². The van der Waals surface area contributed by atoms with Crippen molar-refractivity contribution in [3.05, 3.63) is 58.9 Å². The van der Waals surface area contributed by atoms with Gasteiger partial charge in [0.2, 0.25) is 11.9 Å². The fraction of sp³-hybridized carbons (Fsp3) is 0.375. The Morgan fingerprint density at radius 3 is 2.58 bits per heavy atom. The molecule has 2 aliphatic heterocycles. The van der Waals surface area contributed by atoms with Crippen LogP contribution in [0.4, 0.5) is 11.6 Å². The minimum atomic E-state index is -0.184. The molecular formula is C24H27N5O3S. The summed E-state index contributed by atoms with van der Waals surface area (Å²) in [5.74, 6) is 0.523. The lowest BCUT2D eigenvalue weighted by molar-refractivity contribution is -0.121. The van der Waals surface area contributed by atoms with E-state index in [4.69, 9.17) is 9.47 Å². The predicted octanol–water partition coefficient (Wildman–Crippen LogP) is 2.58. The van der Waals surface area contributed by atoms with E-state index in [0.29, 0.717) is 25.6 Å². The van der Waals surface area contributed by atoms with Crippen LogP contribution in [0.1, 0.15) is 4.88 Å². The number of ether oxygens (including phenoxy) is 2.